The average molecular weight is 256 g/mol. The number of aromatic nitrogens is 2. The predicted octanol–water partition coefficient (Wildman–Crippen LogP) is 1.59. The fourth-order valence-corrected chi connectivity index (χ4v) is 2.57. The number of piperazine rings is 1. The quantitative estimate of drug-likeness (QED) is 0.905. The molecular formula is C15H20N4. The van der Waals surface area contributed by atoms with Gasteiger partial charge in [0.1, 0.15) is 0 Å². The minimum absolute atomic E-state index is 0.968. The number of nitrogens with zero attached hydrogens (tertiary/aromatic N) is 3. The molecule has 0 amide bonds. The van der Waals surface area contributed by atoms with E-state index in [2.05, 4.69) is 57.3 Å². The number of nitrogens with one attached hydrogen (secondary N) is 1. The molecule has 1 fully saturated rings. The van der Waals surface area contributed by atoms with Gasteiger partial charge in [0.05, 0.1) is 11.4 Å². The maximum atomic E-state index is 4.49. The Morgan fingerprint density at radius 2 is 1.95 bits per heavy atom. The van der Waals surface area contributed by atoms with Crippen molar-refractivity contribution in [2.24, 2.45) is 0 Å². The van der Waals surface area contributed by atoms with Crippen LogP contribution < -0.4 is 5.32 Å². The van der Waals surface area contributed by atoms with Gasteiger partial charge in [-0.05, 0) is 24.6 Å². The minimum Gasteiger partial charge on any atom is -0.314 e. The number of benzene rings is 1. The molecule has 4 heteroatoms. The van der Waals surface area contributed by atoms with E-state index < -0.39 is 0 Å². The van der Waals surface area contributed by atoms with Crippen molar-refractivity contribution in [2.75, 3.05) is 26.2 Å². The lowest BCUT2D eigenvalue weighted by Crippen LogP contribution is -2.43. The van der Waals surface area contributed by atoms with Crippen molar-refractivity contribution in [1.29, 1.82) is 0 Å². The van der Waals surface area contributed by atoms with E-state index in [-0.39, 0.29) is 0 Å². The smallest absolute Gasteiger partial charge is 0.0678 e. The van der Waals surface area contributed by atoms with Crippen molar-refractivity contribution >= 4 is 0 Å². The SMILES string of the molecule is Cc1ccccc1-n1nccc1CN1CCNCC1. The maximum Gasteiger partial charge on any atom is 0.0678 e. The molecule has 2 heterocycles. The molecule has 0 bridgehead atoms. The highest BCUT2D eigenvalue weighted by Crippen LogP contribution is 2.16. The summed E-state index contributed by atoms with van der Waals surface area (Å²) in [6.45, 7) is 7.48. The summed E-state index contributed by atoms with van der Waals surface area (Å²) in [6, 6.07) is 10.5. The third-order valence-electron chi connectivity index (χ3n) is 3.66. The van der Waals surface area contributed by atoms with Crippen molar-refractivity contribution in [3.63, 3.8) is 0 Å². The van der Waals surface area contributed by atoms with Crippen LogP contribution in [-0.2, 0) is 6.54 Å². The van der Waals surface area contributed by atoms with Gasteiger partial charge in [-0.2, -0.15) is 5.10 Å². The highest BCUT2D eigenvalue weighted by Gasteiger charge is 2.13. The highest BCUT2D eigenvalue weighted by molar-refractivity contribution is 5.40. The van der Waals surface area contributed by atoms with Gasteiger partial charge in [-0.1, -0.05) is 18.2 Å². The Morgan fingerprint density at radius 1 is 1.16 bits per heavy atom. The Hall–Kier alpha value is -1.65. The van der Waals surface area contributed by atoms with Crippen LogP contribution in [0.4, 0.5) is 0 Å². The van der Waals surface area contributed by atoms with Crippen LogP contribution in [-0.4, -0.2) is 40.9 Å². The summed E-state index contributed by atoms with van der Waals surface area (Å²) in [4.78, 5) is 2.47. The van der Waals surface area contributed by atoms with Gasteiger partial charge in [0.25, 0.3) is 0 Å². The first-order valence-electron chi connectivity index (χ1n) is 6.86. The van der Waals surface area contributed by atoms with Gasteiger partial charge in [-0.3, -0.25) is 4.90 Å². The van der Waals surface area contributed by atoms with E-state index in [1.807, 2.05) is 6.20 Å². The molecule has 0 unspecified atom stereocenters. The molecule has 1 aromatic heterocycles. The molecule has 0 saturated carbocycles. The zero-order chi connectivity index (χ0) is 13.1. The molecule has 1 N–H and O–H groups in total. The van der Waals surface area contributed by atoms with Crippen molar-refractivity contribution in [3.8, 4) is 5.69 Å². The second-order valence-corrected chi connectivity index (χ2v) is 5.05. The van der Waals surface area contributed by atoms with Gasteiger partial charge in [-0.15, -0.1) is 0 Å². The van der Waals surface area contributed by atoms with Gasteiger partial charge in [0, 0.05) is 38.9 Å². The Bertz CT molecular complexity index is 541. The van der Waals surface area contributed by atoms with Crippen LogP contribution >= 0.6 is 0 Å². The molecule has 19 heavy (non-hydrogen) atoms. The standard InChI is InChI=1S/C15H20N4/c1-13-4-2-3-5-15(13)19-14(6-7-17-19)12-18-10-8-16-9-11-18/h2-7,16H,8-12H2,1H3. The van der Waals surface area contributed by atoms with E-state index in [9.17, 15) is 0 Å². The molecule has 2 aromatic rings. The summed E-state index contributed by atoms with van der Waals surface area (Å²) < 4.78 is 2.07. The zero-order valence-corrected chi connectivity index (χ0v) is 11.3. The third kappa shape index (κ3) is 2.69. The number of hydrogen-bond donors (Lipinski definition) is 1. The van der Waals surface area contributed by atoms with E-state index in [0.29, 0.717) is 0 Å². The Labute approximate surface area is 114 Å². The monoisotopic (exact) mass is 256 g/mol. The lowest BCUT2D eigenvalue weighted by atomic mass is 10.2. The van der Waals surface area contributed by atoms with Crippen molar-refractivity contribution < 1.29 is 0 Å². The van der Waals surface area contributed by atoms with Crippen molar-refractivity contribution in [3.05, 3.63) is 47.8 Å². The van der Waals surface area contributed by atoms with Crippen LogP contribution in [0.1, 0.15) is 11.3 Å². The summed E-state index contributed by atoms with van der Waals surface area (Å²) >= 11 is 0. The van der Waals surface area contributed by atoms with E-state index in [1.54, 1.807) is 0 Å². The molecular weight excluding hydrogens is 236 g/mol. The van der Waals surface area contributed by atoms with Crippen molar-refractivity contribution in [1.82, 2.24) is 20.0 Å². The van der Waals surface area contributed by atoms with E-state index >= 15 is 0 Å². The predicted molar refractivity (Wildman–Crippen MR) is 76.4 cm³/mol. The molecule has 3 rings (SSSR count). The molecule has 0 aliphatic carbocycles. The lowest BCUT2D eigenvalue weighted by molar-refractivity contribution is 0.229. The van der Waals surface area contributed by atoms with Gasteiger partial charge in [-0.25, -0.2) is 4.68 Å². The summed E-state index contributed by atoms with van der Waals surface area (Å²) in [5.74, 6) is 0. The second kappa shape index (κ2) is 5.55. The van der Waals surface area contributed by atoms with Crippen molar-refractivity contribution in [2.45, 2.75) is 13.5 Å². The molecule has 0 atom stereocenters. The summed E-state index contributed by atoms with van der Waals surface area (Å²) in [6.07, 6.45) is 1.89. The van der Waals surface area contributed by atoms with Crippen LogP contribution in [0.5, 0.6) is 0 Å². The highest BCUT2D eigenvalue weighted by atomic mass is 15.3. The topological polar surface area (TPSA) is 33.1 Å². The fraction of sp³-hybridized carbons (Fsp3) is 0.400. The molecule has 1 aromatic carbocycles. The zero-order valence-electron chi connectivity index (χ0n) is 11.3. The van der Waals surface area contributed by atoms with Crippen LogP contribution in [0.25, 0.3) is 5.69 Å². The number of aryl methyl sites for hydroxylation is 1. The third-order valence-corrected chi connectivity index (χ3v) is 3.66. The summed E-state index contributed by atoms with van der Waals surface area (Å²) in [5, 5.41) is 7.87. The first-order valence-corrected chi connectivity index (χ1v) is 6.86. The van der Waals surface area contributed by atoms with Crippen LogP contribution in [0.3, 0.4) is 0 Å². The van der Waals surface area contributed by atoms with Crippen LogP contribution in [0, 0.1) is 6.92 Å². The van der Waals surface area contributed by atoms with Gasteiger partial charge < -0.3 is 5.32 Å². The number of para-hydroxylation sites is 1. The molecule has 1 saturated heterocycles. The maximum absolute atomic E-state index is 4.49. The normalized spacial score (nSPS) is 16.7. The van der Waals surface area contributed by atoms with E-state index in [0.717, 1.165) is 32.7 Å². The van der Waals surface area contributed by atoms with Gasteiger partial charge in [0.15, 0.2) is 0 Å². The van der Waals surface area contributed by atoms with Gasteiger partial charge >= 0.3 is 0 Å². The van der Waals surface area contributed by atoms with E-state index in [1.165, 1.54) is 16.9 Å². The van der Waals surface area contributed by atoms with E-state index in [4.69, 9.17) is 0 Å². The molecule has 100 valence electrons. The Morgan fingerprint density at radius 3 is 2.74 bits per heavy atom. The number of hydrogen-bond acceptors (Lipinski definition) is 3. The molecule has 0 radical (unpaired) electrons. The largest absolute Gasteiger partial charge is 0.314 e. The van der Waals surface area contributed by atoms with Crippen LogP contribution in [0.15, 0.2) is 36.5 Å². The number of rotatable bonds is 3. The lowest BCUT2D eigenvalue weighted by Gasteiger charge is -2.27. The second-order valence-electron chi connectivity index (χ2n) is 5.05. The molecule has 0 spiro atoms. The molecule has 1 aliphatic rings. The Balaban J connectivity index is 1.84. The minimum atomic E-state index is 0.968. The van der Waals surface area contributed by atoms with Crippen LogP contribution in [0.2, 0.25) is 0 Å². The van der Waals surface area contributed by atoms with Gasteiger partial charge in [0.2, 0.25) is 0 Å². The Kier molecular flexibility index (Phi) is 3.62. The summed E-state index contributed by atoms with van der Waals surface area (Å²) in [5.41, 5.74) is 3.70. The summed E-state index contributed by atoms with van der Waals surface area (Å²) in [7, 11) is 0. The molecule has 1 aliphatic heterocycles. The average Bonchev–Trinajstić information content (AvgIpc) is 2.88. The fourth-order valence-electron chi connectivity index (χ4n) is 2.57. The first-order chi connectivity index (χ1) is 9.34. The molecule has 4 nitrogen and oxygen atoms in total. The first kappa shape index (κ1) is 12.4.